The predicted molar refractivity (Wildman–Crippen MR) is 147 cm³/mol. The zero-order valence-electron chi connectivity index (χ0n) is 20.4. The quantitative estimate of drug-likeness (QED) is 0.285. The van der Waals surface area contributed by atoms with Crippen molar-refractivity contribution >= 4 is 47.5 Å². The Labute approximate surface area is 227 Å². The van der Waals surface area contributed by atoms with Crippen LogP contribution in [0.15, 0.2) is 67.3 Å². The van der Waals surface area contributed by atoms with Crippen molar-refractivity contribution in [1.82, 2.24) is 35.7 Å². The zero-order chi connectivity index (χ0) is 24.2. The lowest BCUT2D eigenvalue weighted by Gasteiger charge is -2.30. The summed E-state index contributed by atoms with van der Waals surface area (Å²) in [4.78, 5) is 32.9. The highest BCUT2D eigenvalue weighted by Crippen LogP contribution is 2.29. The third-order valence-electron chi connectivity index (χ3n) is 6.51. The first-order chi connectivity index (χ1) is 17.1. The monoisotopic (exact) mass is 543 g/mol. The molecule has 0 saturated carbocycles. The highest BCUT2D eigenvalue weighted by molar-refractivity contribution is 5.89. The maximum Gasteiger partial charge on any atom is 0.242 e. The summed E-state index contributed by atoms with van der Waals surface area (Å²) >= 11 is 0. The van der Waals surface area contributed by atoms with Gasteiger partial charge in [-0.25, -0.2) is 4.68 Å². The van der Waals surface area contributed by atoms with Crippen LogP contribution in [0.2, 0.25) is 0 Å². The first kappa shape index (κ1) is 28.2. The van der Waals surface area contributed by atoms with Gasteiger partial charge in [0, 0.05) is 41.4 Å². The van der Waals surface area contributed by atoms with Gasteiger partial charge in [0.05, 0.1) is 18.3 Å². The average molecular weight is 544 g/mol. The third-order valence-corrected chi connectivity index (χ3v) is 6.51. The van der Waals surface area contributed by atoms with E-state index in [0.717, 1.165) is 35.2 Å². The molecular formula is C26H31Cl2N7O2. The number of carbonyl (C=O) groups is 2. The van der Waals surface area contributed by atoms with Gasteiger partial charge < -0.3 is 20.9 Å². The molecule has 2 amide bonds. The van der Waals surface area contributed by atoms with Crippen molar-refractivity contribution in [3.05, 3.63) is 78.5 Å². The number of benzene rings is 1. The number of amides is 2. The van der Waals surface area contributed by atoms with Crippen molar-refractivity contribution in [2.24, 2.45) is 0 Å². The van der Waals surface area contributed by atoms with Crippen molar-refractivity contribution in [3.63, 3.8) is 0 Å². The van der Waals surface area contributed by atoms with E-state index in [1.54, 1.807) is 25.5 Å². The lowest BCUT2D eigenvalue weighted by molar-refractivity contribution is -0.130. The molecule has 4 N–H and O–H groups in total. The number of nitrogens with one attached hydrogen (secondary N) is 4. The molecule has 0 radical (unpaired) electrons. The maximum atomic E-state index is 13.0. The lowest BCUT2D eigenvalue weighted by Crippen LogP contribution is -2.53. The number of carbonyl (C=O) groups excluding carboxylic acids is 2. The number of piperidine rings is 1. The molecule has 1 aliphatic heterocycles. The van der Waals surface area contributed by atoms with Gasteiger partial charge in [0.25, 0.3) is 0 Å². The number of aromatic amines is 1. The highest BCUT2D eigenvalue weighted by Gasteiger charge is 2.29. The van der Waals surface area contributed by atoms with Gasteiger partial charge in [-0.1, -0.05) is 12.1 Å². The molecule has 5 rings (SSSR count). The number of hydrogen-bond donors (Lipinski definition) is 4. The van der Waals surface area contributed by atoms with Crippen molar-refractivity contribution in [1.29, 1.82) is 0 Å². The number of aromatic nitrogens is 4. The van der Waals surface area contributed by atoms with Crippen LogP contribution in [-0.2, 0) is 16.1 Å². The number of rotatable bonds is 7. The van der Waals surface area contributed by atoms with E-state index in [9.17, 15) is 9.59 Å². The molecule has 1 aromatic carbocycles. The second-order valence-electron chi connectivity index (χ2n) is 8.98. The molecule has 0 aliphatic carbocycles. The average Bonchev–Trinajstić information content (AvgIpc) is 3.57. The van der Waals surface area contributed by atoms with Gasteiger partial charge in [-0.3, -0.25) is 14.6 Å². The van der Waals surface area contributed by atoms with Crippen LogP contribution in [0, 0.1) is 0 Å². The van der Waals surface area contributed by atoms with E-state index in [4.69, 9.17) is 0 Å². The summed E-state index contributed by atoms with van der Waals surface area (Å²) in [5.74, 6) is -0.130. The van der Waals surface area contributed by atoms with Crippen LogP contribution < -0.4 is 16.0 Å². The molecule has 9 nitrogen and oxygen atoms in total. The van der Waals surface area contributed by atoms with Gasteiger partial charge in [-0.2, -0.15) is 5.10 Å². The lowest BCUT2D eigenvalue weighted by atomic mass is 9.86. The van der Waals surface area contributed by atoms with Gasteiger partial charge in [-0.05, 0) is 68.1 Å². The first-order valence-electron chi connectivity index (χ1n) is 11.9. The molecule has 1 unspecified atom stereocenters. The van der Waals surface area contributed by atoms with Crippen molar-refractivity contribution < 1.29 is 9.59 Å². The molecule has 196 valence electrons. The minimum absolute atomic E-state index is 0. The molecule has 1 aliphatic rings. The Hall–Kier alpha value is -3.40. The fourth-order valence-corrected chi connectivity index (χ4v) is 4.61. The number of hydrogen-bond acceptors (Lipinski definition) is 5. The number of H-pyrrole nitrogens is 1. The van der Waals surface area contributed by atoms with Crippen molar-refractivity contribution in [2.45, 2.75) is 44.3 Å². The van der Waals surface area contributed by atoms with Crippen molar-refractivity contribution in [3.8, 4) is 5.69 Å². The fraction of sp³-hybridized carbons (Fsp3) is 0.308. The molecule has 37 heavy (non-hydrogen) atoms. The highest BCUT2D eigenvalue weighted by atomic mass is 35.5. The summed E-state index contributed by atoms with van der Waals surface area (Å²) < 4.78 is 1.84. The third kappa shape index (κ3) is 6.68. The normalized spacial score (nSPS) is 17.8. The Morgan fingerprint density at radius 1 is 1.16 bits per heavy atom. The van der Waals surface area contributed by atoms with Gasteiger partial charge in [-0.15, -0.1) is 24.8 Å². The smallest absolute Gasteiger partial charge is 0.242 e. The largest absolute Gasteiger partial charge is 0.357 e. The molecule has 3 atom stereocenters. The molecule has 11 heteroatoms. The standard InChI is InChI=1S/C26H29N7O2.2ClH/c1-17(25(34)29-16-21-12-20-15-27-9-7-23(20)32-21)31-26(35)24-14-19(6-10-28-24)18-4-2-5-22(13-18)33-11-3-8-30-33;;/h2-5,7-9,11-13,15,17,19,24,28,32H,6,10,14,16H2,1H3,(H,29,34)(H,31,35);2*1H/t17?,19-,24+;;/m0../s1. The Balaban J connectivity index is 0.00000190. The molecule has 0 spiro atoms. The van der Waals surface area contributed by atoms with Crippen LogP contribution in [0.25, 0.3) is 16.6 Å². The summed E-state index contributed by atoms with van der Waals surface area (Å²) in [6, 6.07) is 13.0. The van der Waals surface area contributed by atoms with E-state index >= 15 is 0 Å². The molecule has 1 saturated heterocycles. The molecular weight excluding hydrogens is 513 g/mol. The van der Waals surface area contributed by atoms with E-state index in [1.165, 1.54) is 5.56 Å². The van der Waals surface area contributed by atoms with Gasteiger partial charge >= 0.3 is 0 Å². The SMILES string of the molecule is CC(NC(=O)[C@H]1C[C@@H](c2cccc(-n3cccn3)c2)CCN1)C(=O)NCc1cc2cnccc2[nH]1.Cl.Cl. The second-order valence-corrected chi connectivity index (χ2v) is 8.98. The molecule has 0 bridgehead atoms. The summed E-state index contributed by atoms with van der Waals surface area (Å²) in [7, 11) is 0. The predicted octanol–water partition coefficient (Wildman–Crippen LogP) is 3.25. The van der Waals surface area contributed by atoms with Crippen molar-refractivity contribution in [2.75, 3.05) is 6.54 Å². The zero-order valence-corrected chi connectivity index (χ0v) is 22.0. The molecule has 1 fully saturated rings. The topological polar surface area (TPSA) is 117 Å². The van der Waals surface area contributed by atoms with Gasteiger partial charge in [0.1, 0.15) is 6.04 Å². The number of nitrogens with zero attached hydrogens (tertiary/aromatic N) is 3. The first-order valence-corrected chi connectivity index (χ1v) is 11.9. The van der Waals surface area contributed by atoms with Crippen LogP contribution in [0.3, 0.4) is 0 Å². The number of fused-ring (bicyclic) bond motifs is 1. The number of halogens is 2. The molecule has 4 aromatic rings. The van der Waals surface area contributed by atoms with Gasteiger partial charge in [0.15, 0.2) is 0 Å². The second kappa shape index (κ2) is 12.7. The maximum absolute atomic E-state index is 13.0. The Kier molecular flexibility index (Phi) is 9.68. The Bertz CT molecular complexity index is 1290. The summed E-state index contributed by atoms with van der Waals surface area (Å²) in [5, 5.41) is 14.4. The Morgan fingerprint density at radius 2 is 2.03 bits per heavy atom. The van der Waals surface area contributed by atoms with E-state index in [-0.39, 0.29) is 48.6 Å². The Morgan fingerprint density at radius 3 is 2.81 bits per heavy atom. The van der Waals surface area contributed by atoms with E-state index in [0.29, 0.717) is 13.0 Å². The van der Waals surface area contributed by atoms with E-state index in [2.05, 4.69) is 43.1 Å². The summed E-state index contributed by atoms with van der Waals surface area (Å²) in [5.41, 5.74) is 4.05. The van der Waals surface area contributed by atoms with Crippen LogP contribution in [0.1, 0.15) is 36.9 Å². The number of pyridine rings is 1. The summed E-state index contributed by atoms with van der Waals surface area (Å²) in [6.07, 6.45) is 8.79. The minimum atomic E-state index is -0.640. The fourth-order valence-electron chi connectivity index (χ4n) is 4.61. The molecule has 3 aromatic heterocycles. The van der Waals surface area contributed by atoms with E-state index in [1.807, 2.05) is 41.2 Å². The van der Waals surface area contributed by atoms with Crippen LogP contribution >= 0.6 is 24.8 Å². The van der Waals surface area contributed by atoms with Crippen LogP contribution in [0.5, 0.6) is 0 Å². The van der Waals surface area contributed by atoms with E-state index < -0.39 is 6.04 Å². The molecule has 4 heterocycles. The minimum Gasteiger partial charge on any atom is -0.357 e. The van der Waals surface area contributed by atoms with Crippen LogP contribution in [-0.4, -0.2) is 50.2 Å². The summed E-state index contributed by atoms with van der Waals surface area (Å²) in [6.45, 7) is 2.80. The van der Waals surface area contributed by atoms with Crippen LogP contribution in [0.4, 0.5) is 0 Å². The van der Waals surface area contributed by atoms with Gasteiger partial charge in [0.2, 0.25) is 11.8 Å².